The fraction of sp³-hybridized carbons (Fsp3) is 0.200. The number of aromatic nitrogens is 2. The molecule has 2 aromatic rings. The molecule has 0 aliphatic rings. The number of benzene rings is 1. The molecule has 126 valence electrons. The van der Waals surface area contributed by atoms with Crippen molar-refractivity contribution >= 4 is 12.1 Å². The highest BCUT2D eigenvalue weighted by Gasteiger charge is 2.21. The molecular formula is C15H13F2N3O4. The Bertz CT molecular complexity index is 726. The number of alkyl carbamates (subject to hydrolysis) is 1. The van der Waals surface area contributed by atoms with Gasteiger partial charge in [-0.05, 0) is 5.56 Å². The fourth-order valence-corrected chi connectivity index (χ4v) is 1.77. The molecule has 0 atom stereocenters. The topological polar surface area (TPSA) is 101 Å². The van der Waals surface area contributed by atoms with Crippen LogP contribution < -0.4 is 5.32 Å². The number of aromatic carboxylic acids is 1. The van der Waals surface area contributed by atoms with Gasteiger partial charge in [-0.15, -0.1) is 0 Å². The zero-order valence-electron chi connectivity index (χ0n) is 12.3. The van der Waals surface area contributed by atoms with E-state index >= 15 is 0 Å². The molecule has 0 spiro atoms. The number of alkyl halides is 2. The molecule has 1 aromatic heterocycles. The summed E-state index contributed by atoms with van der Waals surface area (Å²) in [5, 5.41) is 11.1. The summed E-state index contributed by atoms with van der Waals surface area (Å²) in [5.74, 6) is -1.70. The molecule has 0 saturated heterocycles. The summed E-state index contributed by atoms with van der Waals surface area (Å²) in [5.41, 5.74) is -0.790. The smallest absolute Gasteiger partial charge is 0.407 e. The van der Waals surface area contributed by atoms with Gasteiger partial charge in [0.15, 0.2) is 0 Å². The van der Waals surface area contributed by atoms with Crippen LogP contribution in [0.25, 0.3) is 0 Å². The quantitative estimate of drug-likeness (QED) is 0.840. The van der Waals surface area contributed by atoms with Gasteiger partial charge in [0.1, 0.15) is 23.7 Å². The second-order valence-electron chi connectivity index (χ2n) is 4.61. The molecule has 24 heavy (non-hydrogen) atoms. The molecule has 0 aliphatic carbocycles. The molecular weight excluding hydrogens is 324 g/mol. The number of ether oxygens (including phenoxy) is 1. The molecule has 2 rings (SSSR count). The first-order valence-electron chi connectivity index (χ1n) is 6.79. The summed E-state index contributed by atoms with van der Waals surface area (Å²) >= 11 is 0. The van der Waals surface area contributed by atoms with Crippen molar-refractivity contribution in [3.8, 4) is 0 Å². The molecule has 0 radical (unpaired) electrons. The van der Waals surface area contributed by atoms with E-state index in [0.29, 0.717) is 0 Å². The number of carbonyl (C=O) groups is 2. The Labute approximate surface area is 135 Å². The van der Waals surface area contributed by atoms with Gasteiger partial charge in [0.05, 0.1) is 6.54 Å². The van der Waals surface area contributed by atoms with Crippen LogP contribution in [0.4, 0.5) is 13.6 Å². The van der Waals surface area contributed by atoms with Gasteiger partial charge in [-0.1, -0.05) is 30.3 Å². The third-order valence-electron chi connectivity index (χ3n) is 2.91. The van der Waals surface area contributed by atoms with E-state index in [1.807, 2.05) is 6.07 Å². The average Bonchev–Trinajstić information content (AvgIpc) is 2.58. The van der Waals surface area contributed by atoms with Crippen LogP contribution in [0.15, 0.2) is 36.5 Å². The Morgan fingerprint density at radius 3 is 2.58 bits per heavy atom. The van der Waals surface area contributed by atoms with Crippen molar-refractivity contribution in [1.29, 1.82) is 0 Å². The molecule has 9 heteroatoms. The second-order valence-corrected chi connectivity index (χ2v) is 4.61. The number of carbonyl (C=O) groups excluding carboxylic acids is 1. The van der Waals surface area contributed by atoms with Crippen molar-refractivity contribution in [1.82, 2.24) is 15.3 Å². The molecule has 0 aliphatic heterocycles. The first kappa shape index (κ1) is 17.3. The van der Waals surface area contributed by atoms with E-state index in [4.69, 9.17) is 9.84 Å². The predicted molar refractivity (Wildman–Crippen MR) is 77.4 cm³/mol. The lowest BCUT2D eigenvalue weighted by Gasteiger charge is -2.08. The van der Waals surface area contributed by atoms with Crippen molar-refractivity contribution in [3.63, 3.8) is 0 Å². The van der Waals surface area contributed by atoms with Gasteiger partial charge in [-0.2, -0.15) is 0 Å². The van der Waals surface area contributed by atoms with E-state index in [0.717, 1.165) is 11.8 Å². The minimum Gasteiger partial charge on any atom is -0.478 e. The van der Waals surface area contributed by atoms with Gasteiger partial charge in [0.25, 0.3) is 6.43 Å². The Hall–Kier alpha value is -3.10. The van der Waals surface area contributed by atoms with Crippen LogP contribution in [0.2, 0.25) is 0 Å². The van der Waals surface area contributed by atoms with E-state index in [1.165, 1.54) is 0 Å². The van der Waals surface area contributed by atoms with E-state index < -0.39 is 29.7 Å². The predicted octanol–water partition coefficient (Wildman–Crippen LogP) is 2.54. The molecule has 1 amide bonds. The summed E-state index contributed by atoms with van der Waals surface area (Å²) < 4.78 is 30.6. The molecule has 1 aromatic carbocycles. The summed E-state index contributed by atoms with van der Waals surface area (Å²) in [4.78, 5) is 29.5. The van der Waals surface area contributed by atoms with Gasteiger partial charge in [-0.25, -0.2) is 28.3 Å². The Morgan fingerprint density at radius 1 is 1.25 bits per heavy atom. The van der Waals surface area contributed by atoms with Crippen LogP contribution in [0.1, 0.15) is 33.9 Å². The average molecular weight is 337 g/mol. The zero-order valence-corrected chi connectivity index (χ0v) is 12.3. The van der Waals surface area contributed by atoms with Crippen LogP contribution in [0.3, 0.4) is 0 Å². The summed E-state index contributed by atoms with van der Waals surface area (Å²) in [7, 11) is 0. The van der Waals surface area contributed by atoms with Gasteiger partial charge in [0.2, 0.25) is 0 Å². The van der Waals surface area contributed by atoms with Crippen LogP contribution in [0, 0.1) is 0 Å². The lowest BCUT2D eigenvalue weighted by Crippen LogP contribution is -2.25. The van der Waals surface area contributed by atoms with E-state index in [1.54, 1.807) is 24.3 Å². The van der Waals surface area contributed by atoms with Crippen LogP contribution in [-0.2, 0) is 17.9 Å². The Balaban J connectivity index is 1.92. The van der Waals surface area contributed by atoms with Crippen molar-refractivity contribution in [2.24, 2.45) is 0 Å². The maximum Gasteiger partial charge on any atom is 0.407 e. The number of carboxylic acids is 1. The molecule has 7 nitrogen and oxygen atoms in total. The zero-order chi connectivity index (χ0) is 17.5. The second kappa shape index (κ2) is 7.95. The van der Waals surface area contributed by atoms with Crippen LogP contribution >= 0.6 is 0 Å². The maximum absolute atomic E-state index is 12.8. The van der Waals surface area contributed by atoms with E-state index in [-0.39, 0.29) is 19.0 Å². The standard InChI is InChI=1S/C15H13F2N3O4/c16-13(17)12-10(14(21)22)6-18-11(20-12)7-19-15(23)24-8-9-4-2-1-3-5-9/h1-6,13H,7-8H2,(H,19,23)(H,21,22). The van der Waals surface area contributed by atoms with Gasteiger partial charge in [0, 0.05) is 6.20 Å². The first-order chi connectivity index (χ1) is 11.5. The first-order valence-corrected chi connectivity index (χ1v) is 6.79. The number of halogens is 2. The number of nitrogens with zero attached hydrogens (tertiary/aromatic N) is 2. The van der Waals surface area contributed by atoms with Crippen molar-refractivity contribution in [3.05, 3.63) is 59.2 Å². The highest BCUT2D eigenvalue weighted by atomic mass is 19.3. The number of carboxylic acid groups (broad SMARTS) is 1. The maximum atomic E-state index is 12.8. The molecule has 2 N–H and O–H groups in total. The van der Waals surface area contributed by atoms with Crippen LogP contribution in [0.5, 0.6) is 0 Å². The van der Waals surface area contributed by atoms with Crippen molar-refractivity contribution in [2.45, 2.75) is 19.6 Å². The fourth-order valence-electron chi connectivity index (χ4n) is 1.77. The van der Waals surface area contributed by atoms with E-state index in [2.05, 4.69) is 15.3 Å². The number of rotatable bonds is 6. The monoisotopic (exact) mass is 337 g/mol. The SMILES string of the molecule is O=C(NCc1ncc(C(=O)O)c(C(F)F)n1)OCc1ccccc1. The molecule has 0 unspecified atom stereocenters. The molecule has 0 fully saturated rings. The largest absolute Gasteiger partial charge is 0.478 e. The van der Waals surface area contributed by atoms with Crippen molar-refractivity contribution < 1.29 is 28.2 Å². The minimum atomic E-state index is -3.07. The molecule has 1 heterocycles. The highest BCUT2D eigenvalue weighted by molar-refractivity contribution is 5.88. The van der Waals surface area contributed by atoms with Crippen molar-refractivity contribution in [2.75, 3.05) is 0 Å². The number of hydrogen-bond donors (Lipinski definition) is 2. The summed E-state index contributed by atoms with van der Waals surface area (Å²) in [6, 6.07) is 8.95. The molecule has 0 saturated carbocycles. The molecule has 0 bridgehead atoms. The Morgan fingerprint density at radius 2 is 1.96 bits per heavy atom. The lowest BCUT2D eigenvalue weighted by atomic mass is 10.2. The van der Waals surface area contributed by atoms with Gasteiger partial charge < -0.3 is 15.2 Å². The number of hydrogen-bond acceptors (Lipinski definition) is 5. The lowest BCUT2D eigenvalue weighted by molar-refractivity contribution is 0.0681. The third-order valence-corrected chi connectivity index (χ3v) is 2.91. The van der Waals surface area contributed by atoms with Crippen LogP contribution in [-0.4, -0.2) is 27.1 Å². The minimum absolute atomic E-state index is 0.0494. The number of amides is 1. The highest BCUT2D eigenvalue weighted by Crippen LogP contribution is 2.20. The third kappa shape index (κ3) is 4.70. The Kier molecular flexibility index (Phi) is 5.72. The summed E-state index contributed by atoms with van der Waals surface area (Å²) in [6.45, 7) is -0.221. The van der Waals surface area contributed by atoms with Gasteiger partial charge in [-0.3, -0.25) is 0 Å². The normalized spacial score (nSPS) is 10.5. The summed E-state index contributed by atoms with van der Waals surface area (Å²) in [6.07, 6.45) is -3.06. The van der Waals surface area contributed by atoms with E-state index in [9.17, 15) is 18.4 Å². The van der Waals surface area contributed by atoms with Gasteiger partial charge >= 0.3 is 12.1 Å². The number of nitrogens with one attached hydrogen (secondary N) is 1.